The van der Waals surface area contributed by atoms with Crippen LogP contribution in [0.15, 0.2) is 0 Å². The van der Waals surface area contributed by atoms with E-state index in [0.29, 0.717) is 5.78 Å². The first-order chi connectivity index (χ1) is 5.06. The SMILES string of the molecule is CCC(C)(C)C(=O)CC1CC1. The predicted molar refractivity (Wildman–Crippen MR) is 46.4 cm³/mol. The zero-order valence-corrected chi connectivity index (χ0v) is 7.81. The van der Waals surface area contributed by atoms with Gasteiger partial charge < -0.3 is 0 Å². The zero-order chi connectivity index (χ0) is 8.48. The average molecular weight is 154 g/mol. The molecule has 0 aromatic carbocycles. The lowest BCUT2D eigenvalue weighted by molar-refractivity contribution is -0.127. The van der Waals surface area contributed by atoms with Crippen molar-refractivity contribution in [2.24, 2.45) is 11.3 Å². The van der Waals surface area contributed by atoms with Crippen LogP contribution in [0.2, 0.25) is 0 Å². The molecule has 0 amide bonds. The molecule has 1 aliphatic carbocycles. The minimum absolute atomic E-state index is 0.0669. The second-order valence-electron chi connectivity index (χ2n) is 4.31. The van der Waals surface area contributed by atoms with Gasteiger partial charge in [-0.05, 0) is 25.2 Å². The molecule has 1 heteroatoms. The van der Waals surface area contributed by atoms with Gasteiger partial charge in [0.2, 0.25) is 0 Å². The molecule has 64 valence electrons. The van der Waals surface area contributed by atoms with E-state index in [-0.39, 0.29) is 5.41 Å². The summed E-state index contributed by atoms with van der Waals surface area (Å²) in [6.45, 7) is 6.19. The molecule has 0 unspecified atom stereocenters. The Bertz CT molecular complexity index is 154. The van der Waals surface area contributed by atoms with Gasteiger partial charge in [0.1, 0.15) is 5.78 Å². The standard InChI is InChI=1S/C10H18O/c1-4-10(2,3)9(11)7-8-5-6-8/h8H,4-7H2,1-3H3. The Hall–Kier alpha value is -0.330. The maximum absolute atomic E-state index is 11.5. The number of ketones is 1. The van der Waals surface area contributed by atoms with Crippen molar-refractivity contribution in [2.75, 3.05) is 0 Å². The Labute approximate surface area is 69.2 Å². The van der Waals surface area contributed by atoms with Crippen LogP contribution >= 0.6 is 0 Å². The van der Waals surface area contributed by atoms with Crippen LogP contribution in [0.5, 0.6) is 0 Å². The molecule has 0 bridgehead atoms. The molecule has 0 aromatic rings. The minimum atomic E-state index is -0.0669. The molecule has 0 spiro atoms. The lowest BCUT2D eigenvalue weighted by Gasteiger charge is -2.20. The molecule has 1 saturated carbocycles. The first-order valence-electron chi connectivity index (χ1n) is 4.59. The van der Waals surface area contributed by atoms with Crippen molar-refractivity contribution in [1.82, 2.24) is 0 Å². The maximum Gasteiger partial charge on any atom is 0.138 e. The minimum Gasteiger partial charge on any atom is -0.299 e. The summed E-state index contributed by atoms with van der Waals surface area (Å²) in [6.07, 6.45) is 4.37. The fourth-order valence-corrected chi connectivity index (χ4v) is 1.06. The molecule has 0 aliphatic heterocycles. The van der Waals surface area contributed by atoms with Crippen molar-refractivity contribution in [2.45, 2.75) is 46.5 Å². The number of carbonyl (C=O) groups is 1. The fourth-order valence-electron chi connectivity index (χ4n) is 1.06. The van der Waals surface area contributed by atoms with E-state index in [0.717, 1.165) is 18.8 Å². The third-order valence-corrected chi connectivity index (χ3v) is 2.81. The van der Waals surface area contributed by atoms with Crippen LogP contribution in [0.3, 0.4) is 0 Å². The molecule has 1 nitrogen and oxygen atoms in total. The van der Waals surface area contributed by atoms with Crippen molar-refractivity contribution in [1.29, 1.82) is 0 Å². The molecule has 0 saturated heterocycles. The van der Waals surface area contributed by atoms with Crippen LogP contribution in [-0.4, -0.2) is 5.78 Å². The highest BCUT2D eigenvalue weighted by Gasteiger charge is 2.31. The highest BCUT2D eigenvalue weighted by atomic mass is 16.1. The summed E-state index contributed by atoms with van der Waals surface area (Å²) in [5.74, 6) is 1.20. The average Bonchev–Trinajstić information content (AvgIpc) is 2.72. The summed E-state index contributed by atoms with van der Waals surface area (Å²) in [5, 5.41) is 0. The first-order valence-corrected chi connectivity index (χ1v) is 4.59. The topological polar surface area (TPSA) is 17.1 Å². The second kappa shape index (κ2) is 2.96. The van der Waals surface area contributed by atoms with Crippen LogP contribution in [0.1, 0.15) is 46.5 Å². The number of hydrogen-bond acceptors (Lipinski definition) is 1. The molecule has 0 N–H and O–H groups in total. The normalized spacial score (nSPS) is 18.5. The van der Waals surface area contributed by atoms with Crippen molar-refractivity contribution < 1.29 is 4.79 Å². The Morgan fingerprint density at radius 1 is 1.45 bits per heavy atom. The maximum atomic E-state index is 11.5. The molecule has 0 heterocycles. The first kappa shape index (κ1) is 8.76. The van der Waals surface area contributed by atoms with Gasteiger partial charge in [-0.2, -0.15) is 0 Å². The highest BCUT2D eigenvalue weighted by Crippen LogP contribution is 2.36. The van der Waals surface area contributed by atoms with Crippen LogP contribution in [0, 0.1) is 11.3 Å². The van der Waals surface area contributed by atoms with Crippen molar-refractivity contribution >= 4 is 5.78 Å². The van der Waals surface area contributed by atoms with Crippen LogP contribution in [0.4, 0.5) is 0 Å². The Balaban J connectivity index is 2.37. The Kier molecular flexibility index (Phi) is 2.36. The van der Waals surface area contributed by atoms with E-state index in [2.05, 4.69) is 20.8 Å². The molecule has 0 radical (unpaired) electrons. The van der Waals surface area contributed by atoms with Crippen LogP contribution in [-0.2, 0) is 4.79 Å². The lowest BCUT2D eigenvalue weighted by atomic mass is 9.83. The molecule has 0 atom stereocenters. The monoisotopic (exact) mass is 154 g/mol. The predicted octanol–water partition coefficient (Wildman–Crippen LogP) is 2.79. The molecule has 1 rings (SSSR count). The number of carbonyl (C=O) groups excluding carboxylic acids is 1. The van der Waals surface area contributed by atoms with Crippen molar-refractivity contribution in [3.8, 4) is 0 Å². The summed E-state index contributed by atoms with van der Waals surface area (Å²) in [5.41, 5.74) is -0.0669. The molecular formula is C10H18O. The smallest absolute Gasteiger partial charge is 0.138 e. The number of Topliss-reactive ketones (excluding diaryl/α,β-unsaturated/α-hetero) is 1. The number of hydrogen-bond donors (Lipinski definition) is 0. The van der Waals surface area contributed by atoms with Gasteiger partial charge in [0.15, 0.2) is 0 Å². The van der Waals surface area contributed by atoms with E-state index in [4.69, 9.17) is 0 Å². The van der Waals surface area contributed by atoms with E-state index >= 15 is 0 Å². The van der Waals surface area contributed by atoms with Gasteiger partial charge >= 0.3 is 0 Å². The summed E-state index contributed by atoms with van der Waals surface area (Å²) in [4.78, 5) is 11.5. The Morgan fingerprint density at radius 2 is 2.00 bits per heavy atom. The summed E-state index contributed by atoms with van der Waals surface area (Å²) in [7, 11) is 0. The second-order valence-corrected chi connectivity index (χ2v) is 4.31. The van der Waals surface area contributed by atoms with E-state index < -0.39 is 0 Å². The summed E-state index contributed by atoms with van der Waals surface area (Å²) in [6, 6.07) is 0. The van der Waals surface area contributed by atoms with E-state index in [1.54, 1.807) is 0 Å². The van der Waals surface area contributed by atoms with Crippen LogP contribution < -0.4 is 0 Å². The van der Waals surface area contributed by atoms with Gasteiger partial charge in [0.05, 0.1) is 0 Å². The van der Waals surface area contributed by atoms with E-state index in [1.807, 2.05) is 0 Å². The van der Waals surface area contributed by atoms with Gasteiger partial charge in [0.25, 0.3) is 0 Å². The largest absolute Gasteiger partial charge is 0.299 e. The fraction of sp³-hybridized carbons (Fsp3) is 0.900. The van der Waals surface area contributed by atoms with E-state index in [1.165, 1.54) is 12.8 Å². The molecule has 0 aromatic heterocycles. The molecule has 11 heavy (non-hydrogen) atoms. The van der Waals surface area contributed by atoms with Gasteiger partial charge in [-0.15, -0.1) is 0 Å². The van der Waals surface area contributed by atoms with Crippen molar-refractivity contribution in [3.63, 3.8) is 0 Å². The van der Waals surface area contributed by atoms with Gasteiger partial charge in [-0.3, -0.25) is 4.79 Å². The molecular weight excluding hydrogens is 136 g/mol. The third kappa shape index (κ3) is 2.32. The van der Waals surface area contributed by atoms with Crippen LogP contribution in [0.25, 0.3) is 0 Å². The van der Waals surface area contributed by atoms with Crippen molar-refractivity contribution in [3.05, 3.63) is 0 Å². The van der Waals surface area contributed by atoms with Gasteiger partial charge in [-0.25, -0.2) is 0 Å². The molecule has 1 fully saturated rings. The van der Waals surface area contributed by atoms with E-state index in [9.17, 15) is 4.79 Å². The zero-order valence-electron chi connectivity index (χ0n) is 7.81. The third-order valence-electron chi connectivity index (χ3n) is 2.81. The number of rotatable bonds is 4. The summed E-state index contributed by atoms with van der Waals surface area (Å²) < 4.78 is 0. The quantitative estimate of drug-likeness (QED) is 0.608. The Morgan fingerprint density at radius 3 is 2.36 bits per heavy atom. The summed E-state index contributed by atoms with van der Waals surface area (Å²) >= 11 is 0. The highest BCUT2D eigenvalue weighted by molar-refractivity contribution is 5.84. The lowest BCUT2D eigenvalue weighted by Crippen LogP contribution is -2.23. The van der Waals surface area contributed by atoms with Gasteiger partial charge in [-0.1, -0.05) is 20.8 Å². The molecule has 1 aliphatic rings. The van der Waals surface area contributed by atoms with Gasteiger partial charge in [0, 0.05) is 11.8 Å².